The molecule has 0 aliphatic heterocycles. The Hall–Kier alpha value is -2.17. The number of carbonyl (C=O) groups is 3. The highest BCUT2D eigenvalue weighted by atomic mass is 16.5. The van der Waals surface area contributed by atoms with E-state index in [1.165, 1.54) is 0 Å². The van der Waals surface area contributed by atoms with Gasteiger partial charge in [0.1, 0.15) is 0 Å². The lowest BCUT2D eigenvalue weighted by atomic mass is 9.91. The molecule has 1 aromatic carbocycles. The van der Waals surface area contributed by atoms with Crippen LogP contribution in [0.15, 0.2) is 30.3 Å². The molecule has 108 valence electrons. The predicted molar refractivity (Wildman–Crippen MR) is 73.9 cm³/mol. The predicted octanol–water partition coefficient (Wildman–Crippen LogP) is 1.92. The summed E-state index contributed by atoms with van der Waals surface area (Å²) in [6, 6.07) is 8.35. The van der Waals surface area contributed by atoms with E-state index in [0.717, 1.165) is 0 Å². The van der Waals surface area contributed by atoms with Crippen LogP contribution in [0, 0.1) is 5.41 Å². The highest BCUT2D eigenvalue weighted by Crippen LogP contribution is 2.21. The molecule has 0 radical (unpaired) electrons. The van der Waals surface area contributed by atoms with Gasteiger partial charge in [0.05, 0.1) is 5.41 Å². The summed E-state index contributed by atoms with van der Waals surface area (Å²) in [5.41, 5.74) is -0.259. The highest BCUT2D eigenvalue weighted by Gasteiger charge is 2.27. The molecule has 0 saturated carbocycles. The van der Waals surface area contributed by atoms with Crippen molar-refractivity contribution in [3.8, 4) is 0 Å². The van der Waals surface area contributed by atoms with Crippen LogP contribution in [0.2, 0.25) is 0 Å². The number of rotatable bonds is 5. The van der Waals surface area contributed by atoms with Crippen LogP contribution in [0.3, 0.4) is 0 Å². The van der Waals surface area contributed by atoms with Crippen LogP contribution in [-0.2, 0) is 14.3 Å². The second kappa shape index (κ2) is 6.84. The molecule has 0 fully saturated rings. The van der Waals surface area contributed by atoms with Crippen LogP contribution in [-0.4, -0.2) is 24.4 Å². The van der Waals surface area contributed by atoms with Gasteiger partial charge >= 0.3 is 5.97 Å². The number of carbonyl (C=O) groups excluding carboxylic acids is 3. The molecule has 20 heavy (non-hydrogen) atoms. The average molecular weight is 277 g/mol. The van der Waals surface area contributed by atoms with Crippen molar-refractivity contribution in [3.05, 3.63) is 35.9 Å². The average Bonchev–Trinajstić information content (AvgIpc) is 2.45. The second-order valence-corrected chi connectivity index (χ2v) is 5.06. The summed E-state index contributed by atoms with van der Waals surface area (Å²) >= 11 is 0. The second-order valence-electron chi connectivity index (χ2n) is 5.06. The van der Waals surface area contributed by atoms with Gasteiger partial charge in [0, 0.05) is 5.56 Å². The van der Waals surface area contributed by atoms with Gasteiger partial charge < -0.3 is 4.74 Å². The lowest BCUT2D eigenvalue weighted by Gasteiger charge is -2.19. The standard InChI is InChI=1S/C15H19NO4/c1-4-15(2,3)14(19)20-10-12(17)16-13(18)11-8-6-5-7-9-11/h5-9H,4,10H2,1-3H3,(H,16,17,18). The van der Waals surface area contributed by atoms with Crippen LogP contribution < -0.4 is 5.32 Å². The maximum Gasteiger partial charge on any atom is 0.312 e. The molecule has 0 aromatic heterocycles. The number of imide groups is 1. The third-order valence-corrected chi connectivity index (χ3v) is 3.06. The van der Waals surface area contributed by atoms with Crippen LogP contribution in [0.1, 0.15) is 37.6 Å². The summed E-state index contributed by atoms with van der Waals surface area (Å²) in [5.74, 6) is -1.61. The van der Waals surface area contributed by atoms with E-state index in [4.69, 9.17) is 4.74 Å². The Bertz CT molecular complexity index is 494. The summed E-state index contributed by atoms with van der Waals surface area (Å²) in [5, 5.41) is 2.17. The van der Waals surface area contributed by atoms with Gasteiger partial charge in [-0.25, -0.2) is 0 Å². The van der Waals surface area contributed by atoms with E-state index in [9.17, 15) is 14.4 Å². The zero-order valence-corrected chi connectivity index (χ0v) is 11.9. The van der Waals surface area contributed by atoms with Crippen molar-refractivity contribution in [1.82, 2.24) is 5.32 Å². The van der Waals surface area contributed by atoms with Crippen molar-refractivity contribution in [2.24, 2.45) is 5.41 Å². The van der Waals surface area contributed by atoms with Gasteiger partial charge in [-0.2, -0.15) is 0 Å². The van der Waals surface area contributed by atoms with Crippen molar-refractivity contribution in [2.45, 2.75) is 27.2 Å². The third kappa shape index (κ3) is 4.50. The smallest absolute Gasteiger partial charge is 0.312 e. The maximum atomic E-state index is 11.7. The molecule has 5 heteroatoms. The van der Waals surface area contributed by atoms with Crippen molar-refractivity contribution in [2.75, 3.05) is 6.61 Å². The number of benzene rings is 1. The topological polar surface area (TPSA) is 72.5 Å². The number of ether oxygens (including phenoxy) is 1. The van der Waals surface area contributed by atoms with Crippen molar-refractivity contribution >= 4 is 17.8 Å². The molecule has 0 aliphatic rings. The molecule has 0 bridgehead atoms. The Morgan fingerprint density at radius 3 is 2.30 bits per heavy atom. The maximum absolute atomic E-state index is 11.7. The van der Waals surface area contributed by atoms with Gasteiger partial charge in [-0.15, -0.1) is 0 Å². The molecular weight excluding hydrogens is 258 g/mol. The van der Waals surface area contributed by atoms with Crippen molar-refractivity contribution in [1.29, 1.82) is 0 Å². The number of esters is 1. The Kier molecular flexibility index (Phi) is 5.43. The van der Waals surface area contributed by atoms with Crippen LogP contribution in [0.5, 0.6) is 0 Å². The largest absolute Gasteiger partial charge is 0.455 e. The minimum Gasteiger partial charge on any atom is -0.455 e. The molecular formula is C15H19NO4. The molecule has 0 saturated heterocycles. The van der Waals surface area contributed by atoms with Gasteiger partial charge in [0.2, 0.25) is 0 Å². The molecule has 2 amide bonds. The molecule has 0 unspecified atom stereocenters. The van der Waals surface area contributed by atoms with E-state index in [1.807, 2.05) is 6.92 Å². The molecule has 0 atom stereocenters. The summed E-state index contributed by atoms with van der Waals surface area (Å²) in [7, 11) is 0. The number of amides is 2. The van der Waals surface area contributed by atoms with Gasteiger partial charge in [0.25, 0.3) is 11.8 Å². The molecule has 1 rings (SSSR count). The lowest BCUT2D eigenvalue weighted by Crippen LogP contribution is -2.36. The Balaban J connectivity index is 2.45. The summed E-state index contributed by atoms with van der Waals surface area (Å²) in [4.78, 5) is 34.9. The Labute approximate surface area is 118 Å². The minimum atomic E-state index is -0.640. The van der Waals surface area contributed by atoms with E-state index in [1.54, 1.807) is 44.2 Å². The van der Waals surface area contributed by atoms with Crippen molar-refractivity contribution < 1.29 is 19.1 Å². The first-order chi connectivity index (χ1) is 9.36. The molecule has 0 spiro atoms. The molecule has 1 N–H and O–H groups in total. The van der Waals surface area contributed by atoms with Gasteiger partial charge in [-0.05, 0) is 32.4 Å². The summed E-state index contributed by atoms with van der Waals surface area (Å²) in [6.07, 6.45) is 0.608. The minimum absolute atomic E-state index is 0.376. The first-order valence-electron chi connectivity index (χ1n) is 6.43. The molecule has 5 nitrogen and oxygen atoms in total. The van der Waals surface area contributed by atoms with Crippen LogP contribution in [0.4, 0.5) is 0 Å². The Morgan fingerprint density at radius 2 is 1.75 bits per heavy atom. The fourth-order valence-corrected chi connectivity index (χ4v) is 1.30. The fourth-order valence-electron chi connectivity index (χ4n) is 1.30. The highest BCUT2D eigenvalue weighted by molar-refractivity contribution is 6.05. The zero-order valence-electron chi connectivity index (χ0n) is 11.9. The van der Waals surface area contributed by atoms with Crippen LogP contribution in [0.25, 0.3) is 0 Å². The Morgan fingerprint density at radius 1 is 1.15 bits per heavy atom. The fraction of sp³-hybridized carbons (Fsp3) is 0.400. The number of hydrogen-bond donors (Lipinski definition) is 1. The van der Waals surface area contributed by atoms with Crippen LogP contribution >= 0.6 is 0 Å². The van der Waals surface area contributed by atoms with E-state index >= 15 is 0 Å². The zero-order chi connectivity index (χ0) is 15.2. The van der Waals surface area contributed by atoms with E-state index in [2.05, 4.69) is 5.32 Å². The number of hydrogen-bond acceptors (Lipinski definition) is 4. The molecule has 0 aliphatic carbocycles. The normalized spacial score (nSPS) is 10.8. The monoisotopic (exact) mass is 277 g/mol. The third-order valence-electron chi connectivity index (χ3n) is 3.06. The van der Waals surface area contributed by atoms with E-state index in [-0.39, 0.29) is 0 Å². The number of nitrogens with one attached hydrogen (secondary N) is 1. The summed E-state index contributed by atoms with van der Waals surface area (Å²) in [6.45, 7) is 4.88. The molecule has 1 aromatic rings. The molecule has 0 heterocycles. The lowest BCUT2D eigenvalue weighted by molar-refractivity contribution is -0.157. The van der Waals surface area contributed by atoms with E-state index in [0.29, 0.717) is 12.0 Å². The summed E-state index contributed by atoms with van der Waals surface area (Å²) < 4.78 is 4.89. The SMILES string of the molecule is CCC(C)(C)C(=O)OCC(=O)NC(=O)c1ccccc1. The van der Waals surface area contributed by atoms with E-state index < -0.39 is 29.8 Å². The quantitative estimate of drug-likeness (QED) is 0.835. The first-order valence-corrected chi connectivity index (χ1v) is 6.43. The first kappa shape index (κ1) is 15.9. The van der Waals surface area contributed by atoms with Gasteiger partial charge in [-0.1, -0.05) is 25.1 Å². The van der Waals surface area contributed by atoms with Crippen molar-refractivity contribution in [3.63, 3.8) is 0 Å². The van der Waals surface area contributed by atoms with Gasteiger partial charge in [-0.3, -0.25) is 19.7 Å². The van der Waals surface area contributed by atoms with Gasteiger partial charge in [0.15, 0.2) is 6.61 Å².